The molecular weight excluding hydrogens is 298 g/mol. The van der Waals surface area contributed by atoms with Gasteiger partial charge in [0.1, 0.15) is 0 Å². The molecular formula is C20H29N3O. The fraction of sp³-hybridized carbons (Fsp3) is 0.600. The van der Waals surface area contributed by atoms with Crippen molar-refractivity contribution in [1.29, 1.82) is 0 Å². The number of carbonyl (C=O) groups is 1. The minimum atomic E-state index is 0.0658. The van der Waals surface area contributed by atoms with Gasteiger partial charge in [-0.25, -0.2) is 0 Å². The van der Waals surface area contributed by atoms with Crippen LogP contribution in [0.1, 0.15) is 69.2 Å². The van der Waals surface area contributed by atoms with Crippen LogP contribution in [0.15, 0.2) is 29.4 Å². The average molecular weight is 327 g/mol. The van der Waals surface area contributed by atoms with E-state index in [-0.39, 0.29) is 5.91 Å². The Balaban J connectivity index is 1.59. The lowest BCUT2D eigenvalue weighted by atomic mass is 9.96. The first-order valence-electron chi connectivity index (χ1n) is 9.40. The Morgan fingerprint density at radius 2 is 2.08 bits per heavy atom. The highest BCUT2D eigenvalue weighted by Crippen LogP contribution is 2.30. The highest BCUT2D eigenvalue weighted by atomic mass is 16.1. The van der Waals surface area contributed by atoms with Gasteiger partial charge in [-0.1, -0.05) is 26.2 Å². The van der Waals surface area contributed by atoms with Crippen LogP contribution >= 0.6 is 0 Å². The van der Waals surface area contributed by atoms with E-state index in [1.165, 1.54) is 32.1 Å². The molecule has 0 spiro atoms. The standard InChI is InChI=1S/C20H29N3O/c1-3-4-6-16-7-5-8-19(16)21-20(24)17-9-11-18(12-10-17)23-14-13-15(2)22-23/h9-12,16,19H,3-8,13-14H2,1-2H3,(H,21,24). The predicted molar refractivity (Wildman–Crippen MR) is 99.6 cm³/mol. The van der Waals surface area contributed by atoms with Crippen molar-refractivity contribution in [3.8, 4) is 0 Å². The Morgan fingerprint density at radius 3 is 2.75 bits per heavy atom. The molecule has 1 saturated carbocycles. The van der Waals surface area contributed by atoms with Crippen LogP contribution in [0.2, 0.25) is 0 Å². The molecule has 1 aromatic carbocycles. The van der Waals surface area contributed by atoms with Gasteiger partial charge in [-0.05, 0) is 56.4 Å². The van der Waals surface area contributed by atoms with Crippen molar-refractivity contribution in [1.82, 2.24) is 5.32 Å². The van der Waals surface area contributed by atoms with Gasteiger partial charge in [0.15, 0.2) is 0 Å². The molecule has 1 aliphatic heterocycles. The smallest absolute Gasteiger partial charge is 0.251 e. The third-order valence-electron chi connectivity index (χ3n) is 5.31. The van der Waals surface area contributed by atoms with Crippen LogP contribution in [0, 0.1) is 5.92 Å². The molecule has 4 heteroatoms. The van der Waals surface area contributed by atoms with Crippen LogP contribution in [0.3, 0.4) is 0 Å². The second kappa shape index (κ2) is 7.82. The molecule has 1 aliphatic carbocycles. The fourth-order valence-electron chi connectivity index (χ4n) is 3.84. The van der Waals surface area contributed by atoms with Crippen LogP contribution in [-0.2, 0) is 0 Å². The maximum atomic E-state index is 12.6. The third-order valence-corrected chi connectivity index (χ3v) is 5.31. The molecule has 2 atom stereocenters. The summed E-state index contributed by atoms with van der Waals surface area (Å²) in [5.41, 5.74) is 2.97. The summed E-state index contributed by atoms with van der Waals surface area (Å²) >= 11 is 0. The summed E-state index contributed by atoms with van der Waals surface area (Å²) in [6.07, 6.45) is 8.38. The van der Waals surface area contributed by atoms with E-state index >= 15 is 0 Å². The van der Waals surface area contributed by atoms with Crippen molar-refractivity contribution in [3.63, 3.8) is 0 Å². The average Bonchev–Trinajstić information content (AvgIpc) is 3.22. The molecule has 0 radical (unpaired) electrons. The highest BCUT2D eigenvalue weighted by Gasteiger charge is 2.28. The van der Waals surface area contributed by atoms with Gasteiger partial charge in [0.25, 0.3) is 5.91 Å². The maximum Gasteiger partial charge on any atom is 0.251 e. The number of hydrazone groups is 1. The molecule has 2 unspecified atom stereocenters. The summed E-state index contributed by atoms with van der Waals surface area (Å²) in [5, 5.41) is 9.78. The summed E-state index contributed by atoms with van der Waals surface area (Å²) in [6.45, 7) is 5.22. The lowest BCUT2D eigenvalue weighted by molar-refractivity contribution is 0.0926. The molecule has 130 valence electrons. The van der Waals surface area contributed by atoms with Crippen LogP contribution in [-0.4, -0.2) is 24.2 Å². The largest absolute Gasteiger partial charge is 0.349 e. The Morgan fingerprint density at radius 1 is 1.29 bits per heavy atom. The summed E-state index contributed by atoms with van der Waals surface area (Å²) in [7, 11) is 0. The lowest BCUT2D eigenvalue weighted by Crippen LogP contribution is -2.37. The quantitative estimate of drug-likeness (QED) is 0.843. The van der Waals surface area contributed by atoms with Crippen molar-refractivity contribution in [3.05, 3.63) is 29.8 Å². The first kappa shape index (κ1) is 17.0. The van der Waals surface area contributed by atoms with E-state index in [1.54, 1.807) is 0 Å². The third kappa shape index (κ3) is 3.97. The number of amides is 1. The number of nitrogens with zero attached hydrogens (tertiary/aromatic N) is 2. The summed E-state index contributed by atoms with van der Waals surface area (Å²) in [5.74, 6) is 0.728. The van der Waals surface area contributed by atoms with E-state index < -0.39 is 0 Å². The highest BCUT2D eigenvalue weighted by molar-refractivity contribution is 5.95. The number of rotatable bonds is 6. The van der Waals surface area contributed by atoms with Gasteiger partial charge in [0, 0.05) is 30.3 Å². The second-order valence-electron chi connectivity index (χ2n) is 7.17. The van der Waals surface area contributed by atoms with Crippen molar-refractivity contribution in [2.24, 2.45) is 11.0 Å². The molecule has 0 aromatic heterocycles. The maximum absolute atomic E-state index is 12.6. The number of nitrogens with one attached hydrogen (secondary N) is 1. The van der Waals surface area contributed by atoms with E-state index in [2.05, 4.69) is 24.3 Å². The second-order valence-corrected chi connectivity index (χ2v) is 7.17. The molecule has 2 aliphatic rings. The number of hydrogen-bond donors (Lipinski definition) is 1. The van der Waals surface area contributed by atoms with E-state index in [9.17, 15) is 4.79 Å². The molecule has 1 heterocycles. The van der Waals surface area contributed by atoms with Crippen molar-refractivity contribution >= 4 is 17.3 Å². The van der Waals surface area contributed by atoms with Crippen LogP contribution in [0.5, 0.6) is 0 Å². The number of carbonyl (C=O) groups excluding carboxylic acids is 1. The molecule has 1 aromatic rings. The normalized spacial score (nSPS) is 23.4. The van der Waals surface area contributed by atoms with Crippen LogP contribution in [0.25, 0.3) is 0 Å². The van der Waals surface area contributed by atoms with Crippen molar-refractivity contribution in [2.45, 2.75) is 64.8 Å². The Labute approximate surface area is 145 Å². The van der Waals surface area contributed by atoms with Crippen molar-refractivity contribution < 1.29 is 4.79 Å². The minimum absolute atomic E-state index is 0.0658. The van der Waals surface area contributed by atoms with Gasteiger partial charge in [-0.2, -0.15) is 5.10 Å². The Kier molecular flexibility index (Phi) is 5.54. The predicted octanol–water partition coefficient (Wildman–Crippen LogP) is 4.36. The summed E-state index contributed by atoms with van der Waals surface area (Å²) in [6, 6.07) is 8.20. The topological polar surface area (TPSA) is 44.7 Å². The summed E-state index contributed by atoms with van der Waals surface area (Å²) < 4.78 is 0. The zero-order chi connectivity index (χ0) is 16.9. The molecule has 1 amide bonds. The lowest BCUT2D eigenvalue weighted by Gasteiger charge is -2.21. The first-order chi connectivity index (χ1) is 11.7. The molecule has 1 N–H and O–H groups in total. The van der Waals surface area contributed by atoms with Crippen LogP contribution in [0.4, 0.5) is 5.69 Å². The Hall–Kier alpha value is -1.84. The SMILES string of the molecule is CCCCC1CCCC1NC(=O)c1ccc(N2CCC(C)=N2)cc1. The number of benzene rings is 1. The van der Waals surface area contributed by atoms with Crippen molar-refractivity contribution in [2.75, 3.05) is 11.6 Å². The van der Waals surface area contributed by atoms with Gasteiger partial charge < -0.3 is 5.32 Å². The fourth-order valence-corrected chi connectivity index (χ4v) is 3.84. The Bertz CT molecular complexity index is 593. The monoisotopic (exact) mass is 327 g/mol. The van der Waals surface area contributed by atoms with E-state index in [0.29, 0.717) is 12.0 Å². The molecule has 4 nitrogen and oxygen atoms in total. The first-order valence-corrected chi connectivity index (χ1v) is 9.40. The van der Waals surface area contributed by atoms with E-state index in [1.807, 2.05) is 29.3 Å². The number of hydrogen-bond acceptors (Lipinski definition) is 3. The zero-order valence-corrected chi connectivity index (χ0v) is 14.9. The molecule has 24 heavy (non-hydrogen) atoms. The van der Waals surface area contributed by atoms with E-state index in [0.717, 1.165) is 36.3 Å². The van der Waals surface area contributed by atoms with Gasteiger partial charge in [-0.3, -0.25) is 9.80 Å². The van der Waals surface area contributed by atoms with Gasteiger partial charge >= 0.3 is 0 Å². The molecule has 1 fully saturated rings. The van der Waals surface area contributed by atoms with Gasteiger partial charge in [0.05, 0.1) is 5.69 Å². The minimum Gasteiger partial charge on any atom is -0.349 e. The number of unbranched alkanes of at least 4 members (excludes halogenated alkanes) is 1. The van der Waals surface area contributed by atoms with Crippen LogP contribution < -0.4 is 10.3 Å². The number of anilines is 1. The molecule has 0 saturated heterocycles. The molecule has 0 bridgehead atoms. The van der Waals surface area contributed by atoms with Gasteiger partial charge in [-0.15, -0.1) is 0 Å². The van der Waals surface area contributed by atoms with E-state index in [4.69, 9.17) is 0 Å². The van der Waals surface area contributed by atoms with Gasteiger partial charge in [0.2, 0.25) is 0 Å². The zero-order valence-electron chi connectivity index (χ0n) is 14.9. The molecule has 3 rings (SSSR count). The summed E-state index contributed by atoms with van der Waals surface area (Å²) in [4.78, 5) is 12.6.